The first kappa shape index (κ1) is 14.4. The molecule has 2 aromatic rings. The van der Waals surface area contributed by atoms with Gasteiger partial charge in [-0.3, -0.25) is 0 Å². The van der Waals surface area contributed by atoms with Gasteiger partial charge in [0.15, 0.2) is 0 Å². The summed E-state index contributed by atoms with van der Waals surface area (Å²) >= 11 is 12.5. The van der Waals surface area contributed by atoms with E-state index in [1.54, 1.807) is 0 Å². The van der Waals surface area contributed by atoms with E-state index in [-0.39, 0.29) is 0 Å². The van der Waals surface area contributed by atoms with Gasteiger partial charge in [-0.2, -0.15) is 0 Å². The molecule has 19 heavy (non-hydrogen) atoms. The molecule has 0 heterocycles. The van der Waals surface area contributed by atoms with Gasteiger partial charge in [-0.25, -0.2) is 0 Å². The average molecular weight is 294 g/mol. The van der Waals surface area contributed by atoms with Gasteiger partial charge in [0.05, 0.1) is 0 Å². The number of hydrogen-bond acceptors (Lipinski definition) is 1. The molecule has 0 aliphatic heterocycles. The average Bonchev–Trinajstić information content (AvgIpc) is 2.36. The van der Waals surface area contributed by atoms with Crippen LogP contribution in [0.15, 0.2) is 30.3 Å². The van der Waals surface area contributed by atoms with Crippen LogP contribution in [0.25, 0.3) is 11.1 Å². The van der Waals surface area contributed by atoms with E-state index in [1.165, 1.54) is 16.7 Å². The van der Waals surface area contributed by atoms with E-state index < -0.39 is 0 Å². The van der Waals surface area contributed by atoms with Crippen molar-refractivity contribution in [3.05, 3.63) is 57.1 Å². The van der Waals surface area contributed by atoms with Crippen LogP contribution in [0.1, 0.15) is 16.7 Å². The first-order valence-electron chi connectivity index (χ1n) is 6.23. The molecule has 0 aliphatic rings. The van der Waals surface area contributed by atoms with Crippen LogP contribution in [-0.2, 0) is 6.54 Å². The molecule has 0 saturated heterocycles. The van der Waals surface area contributed by atoms with E-state index in [9.17, 15) is 0 Å². The number of hydrogen-bond donors (Lipinski definition) is 1. The molecular weight excluding hydrogens is 277 g/mol. The van der Waals surface area contributed by atoms with Gasteiger partial charge < -0.3 is 5.32 Å². The third-order valence-electron chi connectivity index (χ3n) is 3.31. The number of nitrogens with one attached hydrogen (secondary N) is 1. The Morgan fingerprint density at radius 2 is 1.63 bits per heavy atom. The molecule has 1 nitrogen and oxygen atoms in total. The Morgan fingerprint density at radius 3 is 2.32 bits per heavy atom. The molecule has 0 spiro atoms. The molecule has 0 aromatic heterocycles. The predicted molar refractivity (Wildman–Crippen MR) is 84.1 cm³/mol. The van der Waals surface area contributed by atoms with Gasteiger partial charge in [0.2, 0.25) is 0 Å². The quantitative estimate of drug-likeness (QED) is 0.840. The SMILES string of the molecule is CNCc1ccc(Cl)cc1-c1cc(C)c(C)cc1Cl. The van der Waals surface area contributed by atoms with Crippen molar-refractivity contribution in [2.75, 3.05) is 7.05 Å². The van der Waals surface area contributed by atoms with E-state index in [1.807, 2.05) is 31.3 Å². The molecule has 100 valence electrons. The molecule has 0 bridgehead atoms. The number of aryl methyl sites for hydroxylation is 2. The van der Waals surface area contributed by atoms with Gasteiger partial charge in [0.1, 0.15) is 0 Å². The highest BCUT2D eigenvalue weighted by Gasteiger charge is 2.11. The molecule has 1 N–H and O–H groups in total. The smallest absolute Gasteiger partial charge is 0.0487 e. The summed E-state index contributed by atoms with van der Waals surface area (Å²) in [4.78, 5) is 0. The van der Waals surface area contributed by atoms with Crippen LogP contribution in [0.2, 0.25) is 10.0 Å². The van der Waals surface area contributed by atoms with Crippen molar-refractivity contribution >= 4 is 23.2 Å². The molecule has 3 heteroatoms. The zero-order valence-corrected chi connectivity index (χ0v) is 12.9. The Labute approximate surface area is 124 Å². The summed E-state index contributed by atoms with van der Waals surface area (Å²) < 4.78 is 0. The Balaban J connectivity index is 2.63. The summed E-state index contributed by atoms with van der Waals surface area (Å²) in [6, 6.07) is 10.1. The minimum absolute atomic E-state index is 0.726. The second-order valence-corrected chi connectivity index (χ2v) is 5.59. The van der Waals surface area contributed by atoms with Crippen LogP contribution < -0.4 is 5.32 Å². The van der Waals surface area contributed by atoms with Crippen LogP contribution in [0.4, 0.5) is 0 Å². The van der Waals surface area contributed by atoms with E-state index >= 15 is 0 Å². The lowest BCUT2D eigenvalue weighted by Gasteiger charge is -2.13. The van der Waals surface area contributed by atoms with Crippen molar-refractivity contribution in [2.45, 2.75) is 20.4 Å². The maximum atomic E-state index is 6.40. The van der Waals surface area contributed by atoms with Crippen LogP contribution in [0.5, 0.6) is 0 Å². The minimum atomic E-state index is 0.726. The van der Waals surface area contributed by atoms with E-state index in [2.05, 4.69) is 25.2 Å². The lowest BCUT2D eigenvalue weighted by atomic mass is 9.96. The Kier molecular flexibility index (Phi) is 4.51. The van der Waals surface area contributed by atoms with Crippen LogP contribution in [0.3, 0.4) is 0 Å². The van der Waals surface area contributed by atoms with Crippen LogP contribution >= 0.6 is 23.2 Å². The topological polar surface area (TPSA) is 12.0 Å². The summed E-state index contributed by atoms with van der Waals surface area (Å²) in [5.41, 5.74) is 5.75. The van der Waals surface area contributed by atoms with Crippen molar-refractivity contribution in [1.29, 1.82) is 0 Å². The minimum Gasteiger partial charge on any atom is -0.316 e. The van der Waals surface area contributed by atoms with Crippen LogP contribution in [-0.4, -0.2) is 7.05 Å². The fraction of sp³-hybridized carbons (Fsp3) is 0.250. The fourth-order valence-corrected chi connectivity index (χ4v) is 2.62. The predicted octanol–water partition coefficient (Wildman–Crippen LogP) is 5.00. The van der Waals surface area contributed by atoms with Gasteiger partial charge >= 0.3 is 0 Å². The van der Waals surface area contributed by atoms with E-state index in [0.29, 0.717) is 0 Å². The van der Waals surface area contributed by atoms with Crippen molar-refractivity contribution in [1.82, 2.24) is 5.32 Å². The first-order chi connectivity index (χ1) is 9.02. The summed E-state index contributed by atoms with van der Waals surface area (Å²) in [5, 5.41) is 4.67. The van der Waals surface area contributed by atoms with Gasteiger partial charge in [-0.15, -0.1) is 0 Å². The Morgan fingerprint density at radius 1 is 0.947 bits per heavy atom. The molecule has 0 unspecified atom stereocenters. The van der Waals surface area contributed by atoms with Crippen LogP contribution in [0, 0.1) is 13.8 Å². The van der Waals surface area contributed by atoms with Crippen molar-refractivity contribution in [3.63, 3.8) is 0 Å². The van der Waals surface area contributed by atoms with Crippen molar-refractivity contribution in [3.8, 4) is 11.1 Å². The van der Waals surface area contributed by atoms with Crippen molar-refractivity contribution < 1.29 is 0 Å². The highest BCUT2D eigenvalue weighted by atomic mass is 35.5. The molecule has 0 amide bonds. The number of rotatable bonds is 3. The Bertz CT molecular complexity index is 606. The lowest BCUT2D eigenvalue weighted by Crippen LogP contribution is -2.06. The second kappa shape index (κ2) is 5.96. The van der Waals surface area contributed by atoms with Gasteiger partial charge in [-0.05, 0) is 67.4 Å². The van der Waals surface area contributed by atoms with Gasteiger partial charge in [0, 0.05) is 22.2 Å². The Hall–Kier alpha value is -1.02. The monoisotopic (exact) mass is 293 g/mol. The third kappa shape index (κ3) is 3.11. The fourth-order valence-electron chi connectivity index (χ4n) is 2.13. The standard InChI is InChI=1S/C16H17Cl2N/c1-10-6-15(16(18)7-11(10)2)14-8-13(17)5-4-12(14)9-19-3/h4-8,19H,9H2,1-3H3. The molecule has 2 rings (SSSR count). The largest absolute Gasteiger partial charge is 0.316 e. The zero-order valence-electron chi connectivity index (χ0n) is 11.3. The second-order valence-electron chi connectivity index (χ2n) is 4.75. The molecule has 0 saturated carbocycles. The molecule has 2 aromatic carbocycles. The maximum absolute atomic E-state index is 6.40. The highest BCUT2D eigenvalue weighted by molar-refractivity contribution is 6.34. The molecule has 0 atom stereocenters. The van der Waals surface area contributed by atoms with Crippen molar-refractivity contribution in [2.24, 2.45) is 0 Å². The summed E-state index contributed by atoms with van der Waals surface area (Å²) in [5.74, 6) is 0. The molecular formula is C16H17Cl2N. The van der Waals surface area contributed by atoms with E-state index in [4.69, 9.17) is 23.2 Å². The first-order valence-corrected chi connectivity index (χ1v) is 6.98. The molecule has 0 fully saturated rings. The normalized spacial score (nSPS) is 10.8. The van der Waals surface area contributed by atoms with Gasteiger partial charge in [-0.1, -0.05) is 29.3 Å². The summed E-state index contributed by atoms with van der Waals surface area (Å²) in [6.45, 7) is 4.95. The van der Waals surface area contributed by atoms with Gasteiger partial charge in [0.25, 0.3) is 0 Å². The number of halogens is 2. The lowest BCUT2D eigenvalue weighted by molar-refractivity contribution is 0.819. The summed E-state index contributed by atoms with van der Waals surface area (Å²) in [7, 11) is 1.93. The number of benzene rings is 2. The maximum Gasteiger partial charge on any atom is 0.0487 e. The highest BCUT2D eigenvalue weighted by Crippen LogP contribution is 2.34. The zero-order chi connectivity index (χ0) is 14.0. The van der Waals surface area contributed by atoms with E-state index in [0.717, 1.165) is 27.7 Å². The summed E-state index contributed by atoms with van der Waals surface area (Å²) in [6.07, 6.45) is 0. The molecule has 0 aliphatic carbocycles. The molecule has 0 radical (unpaired) electrons. The third-order valence-corrected chi connectivity index (χ3v) is 3.86.